The van der Waals surface area contributed by atoms with Crippen molar-refractivity contribution in [1.82, 2.24) is 0 Å². The van der Waals surface area contributed by atoms with E-state index in [1.807, 2.05) is 103 Å². The molecule has 0 spiro atoms. The summed E-state index contributed by atoms with van der Waals surface area (Å²) >= 11 is 0. The van der Waals surface area contributed by atoms with Crippen molar-refractivity contribution in [2.45, 2.75) is 439 Å². The first-order valence-corrected chi connectivity index (χ1v) is 53.6. The van der Waals surface area contributed by atoms with Crippen molar-refractivity contribution < 1.29 is 61.6 Å². The van der Waals surface area contributed by atoms with E-state index in [2.05, 4.69) is 140 Å². The van der Waals surface area contributed by atoms with Gasteiger partial charge in [0.2, 0.25) is 0 Å². The molecular formula is C115H210O13. The van der Waals surface area contributed by atoms with Crippen molar-refractivity contribution in [1.29, 1.82) is 0 Å². The molecule has 13 nitrogen and oxygen atoms in total. The van der Waals surface area contributed by atoms with E-state index in [0.717, 1.165) is 190 Å². The minimum absolute atomic E-state index is 0.0417. The molecule has 0 heterocycles. The van der Waals surface area contributed by atoms with Crippen molar-refractivity contribution in [2.75, 3.05) is 119 Å². The van der Waals surface area contributed by atoms with Crippen LogP contribution in [-0.2, 0) is 69.9 Å². The molecule has 11 aliphatic carbocycles. The minimum atomic E-state index is 0.0417. The van der Waals surface area contributed by atoms with Gasteiger partial charge in [-0.25, -0.2) is 0 Å². The summed E-state index contributed by atoms with van der Waals surface area (Å²) in [4.78, 5) is 0. The van der Waals surface area contributed by atoms with Crippen LogP contribution in [0.2, 0.25) is 0 Å². The molecule has 6 bridgehead atoms. The third kappa shape index (κ3) is 59.8. The Morgan fingerprint density at radius 1 is 0.328 bits per heavy atom. The van der Waals surface area contributed by atoms with E-state index in [1.165, 1.54) is 249 Å². The normalized spacial score (nSPS) is 24.4. The van der Waals surface area contributed by atoms with Crippen LogP contribution >= 0.6 is 0 Å². The lowest BCUT2D eigenvalue weighted by atomic mass is 9.59. The first-order chi connectivity index (χ1) is 61.8. The van der Waals surface area contributed by atoms with E-state index in [-0.39, 0.29) is 11.2 Å². The molecule has 0 N–H and O–H groups in total. The van der Waals surface area contributed by atoms with Gasteiger partial charge in [0, 0.05) is 106 Å². The van der Waals surface area contributed by atoms with E-state index in [1.54, 1.807) is 7.11 Å². The summed E-state index contributed by atoms with van der Waals surface area (Å²) in [7, 11) is 1.71. The zero-order valence-electron chi connectivity index (χ0n) is 88.1. The second-order valence-electron chi connectivity index (χ2n) is 40.9. The molecule has 0 radical (unpaired) electrons. The number of rotatable bonds is 32. The third-order valence-electron chi connectivity index (χ3n) is 28.1. The number of methoxy groups -OCH3 is 1. The summed E-state index contributed by atoms with van der Waals surface area (Å²) in [5.74, 6) is 11.0. The highest BCUT2D eigenvalue weighted by atomic mass is 16.5. The van der Waals surface area contributed by atoms with Gasteiger partial charge in [0.15, 0.2) is 0 Å². The van der Waals surface area contributed by atoms with Crippen LogP contribution in [0.25, 0.3) is 0 Å². The van der Waals surface area contributed by atoms with Crippen molar-refractivity contribution in [3.63, 3.8) is 0 Å². The fourth-order valence-corrected chi connectivity index (χ4v) is 20.3. The minimum Gasteiger partial charge on any atom is -0.494 e. The van der Waals surface area contributed by atoms with Crippen LogP contribution in [-0.4, -0.2) is 155 Å². The van der Waals surface area contributed by atoms with Crippen LogP contribution in [0.4, 0.5) is 0 Å². The first kappa shape index (κ1) is 121. The Hall–Kier alpha value is -3.02. The van der Waals surface area contributed by atoms with E-state index < -0.39 is 0 Å². The topological polar surface area (TPSA) is 120 Å². The predicted molar refractivity (Wildman–Crippen MR) is 545 cm³/mol. The van der Waals surface area contributed by atoms with E-state index in [0.29, 0.717) is 35.2 Å². The lowest BCUT2D eigenvalue weighted by Crippen LogP contribution is -2.46. The second kappa shape index (κ2) is 77.1. The molecule has 0 aliphatic heterocycles. The molecule has 748 valence electrons. The molecule has 13 heteroatoms. The molecule has 11 aliphatic rings. The van der Waals surface area contributed by atoms with Gasteiger partial charge in [0.25, 0.3) is 0 Å². The maximum atomic E-state index is 5.92. The highest BCUT2D eigenvalue weighted by Crippen LogP contribution is 2.52. The van der Waals surface area contributed by atoms with Gasteiger partial charge in [-0.2, -0.15) is 0 Å². The lowest BCUT2D eigenvalue weighted by Gasteiger charge is -2.50. The molecule has 0 amide bonds. The summed E-state index contributed by atoms with van der Waals surface area (Å²) in [6, 6.07) is 30.4. The Labute approximate surface area is 792 Å². The number of hydrogen-bond donors (Lipinski definition) is 0. The zero-order chi connectivity index (χ0) is 94.2. The highest BCUT2D eigenvalue weighted by molar-refractivity contribution is 5.21. The smallest absolute Gasteiger partial charge is 0.119 e. The zero-order valence-corrected chi connectivity index (χ0v) is 88.1. The maximum absolute atomic E-state index is 5.92. The van der Waals surface area contributed by atoms with Crippen LogP contribution in [0.5, 0.6) is 5.75 Å². The molecular weight excluding hydrogens is 1590 g/mol. The first-order valence-electron chi connectivity index (χ1n) is 53.6. The lowest BCUT2D eigenvalue weighted by molar-refractivity contribution is -0.106. The average molecular weight is 1800 g/mol. The largest absolute Gasteiger partial charge is 0.494 e. The van der Waals surface area contributed by atoms with Gasteiger partial charge in [0.1, 0.15) is 5.75 Å². The van der Waals surface area contributed by atoms with Crippen LogP contribution < -0.4 is 4.74 Å². The molecule has 0 aromatic heterocycles. The molecule has 3 aromatic carbocycles. The third-order valence-corrected chi connectivity index (χ3v) is 28.1. The standard InChI is InChI=1S/C13H26O.C11H20O.C10H18O.C10H20O.C10H14O.C9H16O.C9H18O.C9H12O.C8H16O.C8H10O.C7H14O.C6H14O.C5H12O/c1-6-14-11-9-7-8-10-13(11,5)12(2,3)4;1-2-12-6-5-11-8-9-3-4-10(11)7-9;1-2-11-7-10-6-8-3-4-9(10)5-8;2*1-2-11-9-8-10-6-4-3-5-7-10;1-2-10-9-6-7-3-4-8(9)5-7;2*1-2-10-8-9-6-4-3-5-7-9;2*1-2-9-8-6-4-3-5-7-8;1-2-8-7-5-3-4-6-7;1-5-7-6(2,3)4;1-5(2,3)6-4/h11H,6-10H2,1-5H3;9-11H,2-8H2,1H3;8-10H,2-7H2,1H3;10H,2-9H2,1H3;3-7H,2,8-9H2,1H3;7-9H,2-6H2,1H3;9H,2-8H2,1H3;3-7H,2,8H2,1H3;8H,2-7H2,1H3;3-7H,2H2,1H3;7H,2-6H2,1H3;5H2,1-4H3;1-4H3. The van der Waals surface area contributed by atoms with Crippen LogP contribution in [0.1, 0.15) is 401 Å². The Morgan fingerprint density at radius 3 is 1.15 bits per heavy atom. The van der Waals surface area contributed by atoms with Gasteiger partial charge in [-0.05, 0) is 353 Å². The van der Waals surface area contributed by atoms with E-state index in [9.17, 15) is 0 Å². The molecule has 11 unspecified atom stereocenters. The van der Waals surface area contributed by atoms with Gasteiger partial charge in [-0.1, -0.05) is 216 Å². The molecule has 3 aromatic rings. The van der Waals surface area contributed by atoms with Crippen LogP contribution in [0.3, 0.4) is 0 Å². The summed E-state index contributed by atoms with van der Waals surface area (Å²) in [5, 5.41) is 0. The summed E-state index contributed by atoms with van der Waals surface area (Å²) in [6.07, 6.45) is 55.6. The van der Waals surface area contributed by atoms with Gasteiger partial charge in [-0.3, -0.25) is 0 Å². The molecule has 11 saturated carbocycles. The summed E-state index contributed by atoms with van der Waals surface area (Å²) in [6.45, 7) is 62.2. The second-order valence-corrected chi connectivity index (χ2v) is 40.9. The fraction of sp³-hybridized carbons (Fsp3) is 0.843. The average Bonchev–Trinajstić information content (AvgIpc) is 0.847. The predicted octanol–water partition coefficient (Wildman–Crippen LogP) is 31.3. The van der Waals surface area contributed by atoms with Crippen molar-refractivity contribution in [3.05, 3.63) is 102 Å². The van der Waals surface area contributed by atoms with Gasteiger partial charge >= 0.3 is 0 Å². The SMILES string of the molecule is CCOC(C)(C)C.CCOC1CC2CCC1C2.CCOC1CCCC1.CCOC1CCCCC1.CCOC1CCCCC1(C)C(C)(C)C.CCOCC1CC2CCC1C2.CCOCC1CCCCC1.CCOCCC1CC2CCC1C2.CCOCCC1CCCCC1.CCOCCc1ccccc1.CCOCc1ccccc1.CCOc1ccccc1.COC(C)(C)C. The van der Waals surface area contributed by atoms with Crippen molar-refractivity contribution >= 4 is 0 Å². The number of ether oxygens (including phenoxy) is 13. The fourth-order valence-electron chi connectivity index (χ4n) is 20.3. The number of fused-ring (bicyclic) bond motifs is 6. The number of hydrogen-bond acceptors (Lipinski definition) is 13. The summed E-state index contributed by atoms with van der Waals surface area (Å²) in [5.41, 5.74) is 3.40. The number of para-hydroxylation sites is 1. The highest BCUT2D eigenvalue weighted by Gasteiger charge is 2.46. The van der Waals surface area contributed by atoms with E-state index in [4.69, 9.17) is 61.6 Å². The van der Waals surface area contributed by atoms with Crippen LogP contribution in [0.15, 0.2) is 91.0 Å². The monoisotopic (exact) mass is 1800 g/mol. The molecule has 11 atom stereocenters. The Morgan fingerprint density at radius 2 is 0.742 bits per heavy atom. The molecule has 14 rings (SSSR count). The molecule has 0 saturated heterocycles. The van der Waals surface area contributed by atoms with Crippen molar-refractivity contribution in [2.24, 2.45) is 70.0 Å². The maximum Gasteiger partial charge on any atom is 0.119 e. The van der Waals surface area contributed by atoms with Crippen LogP contribution in [0, 0.1) is 70.0 Å². The van der Waals surface area contributed by atoms with Gasteiger partial charge in [0.05, 0.1) is 55.4 Å². The Kier molecular flexibility index (Phi) is 72.9. The van der Waals surface area contributed by atoms with E-state index >= 15 is 0 Å². The molecule has 128 heavy (non-hydrogen) atoms. The van der Waals surface area contributed by atoms with Gasteiger partial charge < -0.3 is 61.6 Å². The quantitative estimate of drug-likeness (QED) is 0.0552. The van der Waals surface area contributed by atoms with Crippen molar-refractivity contribution in [3.8, 4) is 5.75 Å². The van der Waals surface area contributed by atoms with Gasteiger partial charge in [-0.15, -0.1) is 0 Å². The number of benzene rings is 3. The summed E-state index contributed by atoms with van der Waals surface area (Å²) < 4.78 is 69.9. The Bertz CT molecular complexity index is 2820. The Balaban J connectivity index is 0.000000472. The molecule has 11 fully saturated rings.